The van der Waals surface area contributed by atoms with Crippen molar-refractivity contribution in [3.8, 4) is 0 Å². The lowest BCUT2D eigenvalue weighted by molar-refractivity contribution is 0.111. The van der Waals surface area contributed by atoms with E-state index < -0.39 is 0 Å². The maximum absolute atomic E-state index is 10.5. The predicted octanol–water partition coefficient (Wildman–Crippen LogP) is 0.731. The van der Waals surface area contributed by atoms with Crippen molar-refractivity contribution in [1.29, 1.82) is 0 Å². The second-order valence-electron chi connectivity index (χ2n) is 3.16. The highest BCUT2D eigenvalue weighted by Gasteiger charge is 2.11. The molecule has 1 aromatic heterocycles. The van der Waals surface area contributed by atoms with Crippen LogP contribution in [0.1, 0.15) is 10.5 Å². The van der Waals surface area contributed by atoms with Gasteiger partial charge in [0.25, 0.3) is 0 Å². The molecule has 0 radical (unpaired) electrons. The Labute approximate surface area is 82.5 Å². The van der Waals surface area contributed by atoms with E-state index in [-0.39, 0.29) is 0 Å². The molecule has 0 N–H and O–H groups in total. The molecule has 1 aliphatic heterocycles. The van der Waals surface area contributed by atoms with E-state index in [2.05, 4.69) is 9.88 Å². The van der Waals surface area contributed by atoms with Crippen molar-refractivity contribution in [2.75, 3.05) is 31.2 Å². The third kappa shape index (κ3) is 1.90. The van der Waals surface area contributed by atoms with Crippen LogP contribution in [-0.4, -0.2) is 37.6 Å². The van der Waals surface area contributed by atoms with E-state index in [1.54, 1.807) is 12.3 Å². The number of ether oxygens (including phenoxy) is 1. The molecule has 1 fully saturated rings. The molecule has 74 valence electrons. The summed E-state index contributed by atoms with van der Waals surface area (Å²) in [6, 6.07) is 3.72. The zero-order valence-corrected chi connectivity index (χ0v) is 7.85. The minimum Gasteiger partial charge on any atom is -0.378 e. The molecular weight excluding hydrogens is 180 g/mol. The van der Waals surface area contributed by atoms with Gasteiger partial charge in [-0.25, -0.2) is 0 Å². The highest BCUT2D eigenvalue weighted by atomic mass is 16.5. The number of aldehydes is 1. The molecule has 4 heteroatoms. The van der Waals surface area contributed by atoms with E-state index in [1.165, 1.54) is 0 Å². The Kier molecular flexibility index (Phi) is 2.74. The van der Waals surface area contributed by atoms with Crippen molar-refractivity contribution in [2.45, 2.75) is 0 Å². The van der Waals surface area contributed by atoms with Gasteiger partial charge in [-0.05, 0) is 12.1 Å². The largest absolute Gasteiger partial charge is 0.378 e. The molecule has 0 amide bonds. The number of nitrogens with zero attached hydrogens (tertiary/aromatic N) is 2. The van der Waals surface area contributed by atoms with Crippen LogP contribution in [0.2, 0.25) is 0 Å². The van der Waals surface area contributed by atoms with E-state index in [0.29, 0.717) is 5.69 Å². The molecule has 0 aromatic carbocycles. The van der Waals surface area contributed by atoms with Crippen molar-refractivity contribution in [3.63, 3.8) is 0 Å². The monoisotopic (exact) mass is 192 g/mol. The van der Waals surface area contributed by atoms with E-state index in [1.807, 2.05) is 6.07 Å². The van der Waals surface area contributed by atoms with Crippen LogP contribution in [0.15, 0.2) is 18.3 Å². The average Bonchev–Trinajstić information content (AvgIpc) is 2.30. The number of morpholine rings is 1. The first-order valence-corrected chi connectivity index (χ1v) is 4.64. The fourth-order valence-electron chi connectivity index (χ4n) is 1.52. The summed E-state index contributed by atoms with van der Waals surface area (Å²) in [6.45, 7) is 3.25. The Morgan fingerprint density at radius 1 is 1.43 bits per heavy atom. The lowest BCUT2D eigenvalue weighted by atomic mass is 10.3. The van der Waals surface area contributed by atoms with Crippen LogP contribution in [0.5, 0.6) is 0 Å². The van der Waals surface area contributed by atoms with Gasteiger partial charge in [0.15, 0.2) is 6.29 Å². The van der Waals surface area contributed by atoms with Gasteiger partial charge in [-0.3, -0.25) is 9.78 Å². The number of hydrogen-bond donors (Lipinski definition) is 0. The maximum Gasteiger partial charge on any atom is 0.168 e. The zero-order valence-electron chi connectivity index (χ0n) is 7.85. The topological polar surface area (TPSA) is 42.4 Å². The number of carbonyl (C=O) groups excluding carboxylic acids is 1. The molecule has 0 unspecified atom stereocenters. The number of rotatable bonds is 2. The van der Waals surface area contributed by atoms with Crippen molar-refractivity contribution in [1.82, 2.24) is 4.98 Å². The van der Waals surface area contributed by atoms with Gasteiger partial charge in [0.2, 0.25) is 0 Å². The summed E-state index contributed by atoms with van der Waals surface area (Å²) in [4.78, 5) is 16.7. The first-order valence-electron chi connectivity index (χ1n) is 4.64. The quantitative estimate of drug-likeness (QED) is 0.648. The van der Waals surface area contributed by atoms with E-state index in [9.17, 15) is 4.79 Å². The lowest BCUT2D eigenvalue weighted by Crippen LogP contribution is -2.36. The molecule has 2 rings (SSSR count). The van der Waals surface area contributed by atoms with E-state index >= 15 is 0 Å². The molecule has 0 bridgehead atoms. The Hall–Kier alpha value is -1.42. The summed E-state index contributed by atoms with van der Waals surface area (Å²) >= 11 is 0. The molecule has 14 heavy (non-hydrogen) atoms. The molecule has 0 saturated carbocycles. The van der Waals surface area contributed by atoms with Gasteiger partial charge >= 0.3 is 0 Å². The summed E-state index contributed by atoms with van der Waals surface area (Å²) in [7, 11) is 0. The molecule has 2 heterocycles. The minimum atomic E-state index is 0.481. The molecule has 0 spiro atoms. The minimum absolute atomic E-state index is 0.481. The fourth-order valence-corrected chi connectivity index (χ4v) is 1.52. The lowest BCUT2D eigenvalue weighted by Gasteiger charge is -2.28. The number of hydrogen-bond acceptors (Lipinski definition) is 4. The van der Waals surface area contributed by atoms with Crippen molar-refractivity contribution in [3.05, 3.63) is 24.0 Å². The van der Waals surface area contributed by atoms with Crippen LogP contribution in [0, 0.1) is 0 Å². The van der Waals surface area contributed by atoms with Gasteiger partial charge in [-0.1, -0.05) is 0 Å². The Bertz CT molecular complexity index is 322. The van der Waals surface area contributed by atoms with Crippen LogP contribution < -0.4 is 4.90 Å². The maximum atomic E-state index is 10.5. The fraction of sp³-hybridized carbons (Fsp3) is 0.400. The van der Waals surface area contributed by atoms with Gasteiger partial charge in [-0.2, -0.15) is 0 Å². The third-order valence-corrected chi connectivity index (χ3v) is 2.26. The molecule has 1 aliphatic rings. The van der Waals surface area contributed by atoms with Crippen LogP contribution in [0.25, 0.3) is 0 Å². The number of anilines is 1. The number of aromatic nitrogens is 1. The normalized spacial score (nSPS) is 16.7. The predicted molar refractivity (Wildman–Crippen MR) is 52.7 cm³/mol. The summed E-state index contributed by atoms with van der Waals surface area (Å²) in [6.07, 6.45) is 2.43. The number of carbonyl (C=O) groups is 1. The molecule has 0 atom stereocenters. The van der Waals surface area contributed by atoms with Gasteiger partial charge in [0.05, 0.1) is 13.2 Å². The standard InChI is InChI=1S/C10H12N2O2/c13-8-9-7-10(1-2-11-9)12-3-5-14-6-4-12/h1-2,7-8H,3-6H2. The molecule has 1 aromatic rings. The second-order valence-corrected chi connectivity index (χ2v) is 3.16. The summed E-state index contributed by atoms with van der Waals surface area (Å²) in [5.74, 6) is 0. The van der Waals surface area contributed by atoms with E-state index in [4.69, 9.17) is 4.74 Å². The summed E-state index contributed by atoms with van der Waals surface area (Å²) in [5.41, 5.74) is 1.53. The molecule has 4 nitrogen and oxygen atoms in total. The second kappa shape index (κ2) is 4.19. The first kappa shape index (κ1) is 9.15. The van der Waals surface area contributed by atoms with Crippen LogP contribution >= 0.6 is 0 Å². The van der Waals surface area contributed by atoms with Gasteiger partial charge in [0.1, 0.15) is 5.69 Å². The molecular formula is C10H12N2O2. The van der Waals surface area contributed by atoms with Crippen molar-refractivity contribution >= 4 is 12.0 Å². The van der Waals surface area contributed by atoms with Crippen molar-refractivity contribution < 1.29 is 9.53 Å². The van der Waals surface area contributed by atoms with Gasteiger partial charge < -0.3 is 9.64 Å². The third-order valence-electron chi connectivity index (χ3n) is 2.26. The highest BCUT2D eigenvalue weighted by Crippen LogP contribution is 2.14. The van der Waals surface area contributed by atoms with Gasteiger partial charge in [0, 0.05) is 25.0 Å². The number of pyridine rings is 1. The van der Waals surface area contributed by atoms with Crippen LogP contribution in [0.4, 0.5) is 5.69 Å². The van der Waals surface area contributed by atoms with Gasteiger partial charge in [-0.15, -0.1) is 0 Å². The average molecular weight is 192 g/mol. The highest BCUT2D eigenvalue weighted by molar-refractivity contribution is 5.74. The van der Waals surface area contributed by atoms with Crippen LogP contribution in [0.3, 0.4) is 0 Å². The SMILES string of the molecule is O=Cc1cc(N2CCOCC2)ccn1. The Morgan fingerprint density at radius 3 is 2.93 bits per heavy atom. The first-order chi connectivity index (χ1) is 6.90. The van der Waals surface area contributed by atoms with Crippen LogP contribution in [-0.2, 0) is 4.74 Å². The Morgan fingerprint density at radius 2 is 2.21 bits per heavy atom. The molecule has 0 aliphatic carbocycles. The molecule has 1 saturated heterocycles. The van der Waals surface area contributed by atoms with E-state index in [0.717, 1.165) is 38.3 Å². The zero-order chi connectivity index (χ0) is 9.80. The summed E-state index contributed by atoms with van der Waals surface area (Å²) in [5, 5.41) is 0. The van der Waals surface area contributed by atoms with Crippen molar-refractivity contribution in [2.24, 2.45) is 0 Å². The Balaban J connectivity index is 2.17. The summed E-state index contributed by atoms with van der Waals surface area (Å²) < 4.78 is 5.25. The smallest absolute Gasteiger partial charge is 0.168 e.